The summed E-state index contributed by atoms with van der Waals surface area (Å²) in [6, 6.07) is 1.15. The van der Waals surface area contributed by atoms with Crippen molar-refractivity contribution < 1.29 is 14.6 Å². The van der Waals surface area contributed by atoms with Crippen LogP contribution in [0.15, 0.2) is 22.9 Å². The number of esters is 1. The van der Waals surface area contributed by atoms with Gasteiger partial charge in [-0.15, -0.1) is 0 Å². The van der Waals surface area contributed by atoms with Crippen molar-refractivity contribution in [2.45, 2.75) is 25.6 Å². The number of carbonyl (C=O) groups excluding carboxylic acids is 1. The van der Waals surface area contributed by atoms with Crippen molar-refractivity contribution in [3.8, 4) is 0 Å². The van der Waals surface area contributed by atoms with Gasteiger partial charge in [-0.1, -0.05) is 0 Å². The van der Waals surface area contributed by atoms with E-state index in [-0.39, 0.29) is 0 Å². The quantitative estimate of drug-likeness (QED) is 0.789. The number of rotatable bonds is 5. The van der Waals surface area contributed by atoms with Crippen LogP contribution in [0.2, 0.25) is 0 Å². The third-order valence-electron chi connectivity index (χ3n) is 2.23. The molecule has 2 atom stereocenters. The van der Waals surface area contributed by atoms with E-state index in [4.69, 9.17) is 0 Å². The molecule has 2 N–H and O–H groups in total. The molecule has 0 saturated heterocycles. The maximum Gasteiger partial charge on any atom is 0.325 e. The Kier molecular flexibility index (Phi) is 5.54. The highest BCUT2D eigenvalue weighted by molar-refractivity contribution is 9.10. The van der Waals surface area contributed by atoms with Crippen LogP contribution >= 0.6 is 15.9 Å². The van der Waals surface area contributed by atoms with Crippen molar-refractivity contribution in [3.05, 3.63) is 28.5 Å². The molecule has 6 heteroatoms. The number of methoxy groups -OCH3 is 1. The highest BCUT2D eigenvalue weighted by Gasteiger charge is 2.23. The third-order valence-corrected chi connectivity index (χ3v) is 2.66. The Balaban J connectivity index is 2.61. The van der Waals surface area contributed by atoms with Gasteiger partial charge in [-0.05, 0) is 34.5 Å². The monoisotopic (exact) mass is 302 g/mol. The number of carbonyl (C=O) groups is 1. The Labute approximate surface area is 108 Å². The molecule has 1 heterocycles. The van der Waals surface area contributed by atoms with Crippen LogP contribution in [0.1, 0.15) is 12.5 Å². The van der Waals surface area contributed by atoms with Gasteiger partial charge in [-0.2, -0.15) is 0 Å². The van der Waals surface area contributed by atoms with Gasteiger partial charge >= 0.3 is 5.97 Å². The van der Waals surface area contributed by atoms with Crippen LogP contribution < -0.4 is 5.32 Å². The van der Waals surface area contributed by atoms with E-state index in [0.717, 1.165) is 10.0 Å². The van der Waals surface area contributed by atoms with Crippen molar-refractivity contribution in [2.75, 3.05) is 7.11 Å². The molecule has 0 unspecified atom stereocenters. The van der Waals surface area contributed by atoms with Crippen molar-refractivity contribution in [2.24, 2.45) is 0 Å². The number of nitrogens with zero attached hydrogens (tertiary/aromatic N) is 1. The standard InChI is InChI=1S/C11H15BrN2O3/c1-7(15)10(11(16)17-2)14-5-8-3-9(12)6-13-4-8/h3-4,6-7,10,14-15H,5H2,1-2H3/t7-,10+/m0/s1. The maximum absolute atomic E-state index is 11.4. The van der Waals surface area contributed by atoms with Gasteiger partial charge in [0.05, 0.1) is 13.2 Å². The number of ether oxygens (including phenoxy) is 1. The van der Waals surface area contributed by atoms with Crippen molar-refractivity contribution in [1.82, 2.24) is 10.3 Å². The van der Waals surface area contributed by atoms with Gasteiger partial charge in [0.15, 0.2) is 0 Å². The molecule has 0 aliphatic carbocycles. The molecule has 1 aromatic rings. The predicted molar refractivity (Wildman–Crippen MR) is 66.3 cm³/mol. The second kappa shape index (κ2) is 6.68. The molecule has 0 aromatic carbocycles. The van der Waals surface area contributed by atoms with Crippen LogP contribution in [0, 0.1) is 0 Å². The summed E-state index contributed by atoms with van der Waals surface area (Å²) in [6.45, 7) is 1.96. The lowest BCUT2D eigenvalue weighted by Crippen LogP contribution is -2.45. The number of pyridine rings is 1. The first kappa shape index (κ1) is 14.1. The lowest BCUT2D eigenvalue weighted by Gasteiger charge is -2.18. The average Bonchev–Trinajstić information content (AvgIpc) is 2.28. The fourth-order valence-corrected chi connectivity index (χ4v) is 1.77. The Bertz CT molecular complexity index is 385. The molecule has 0 spiro atoms. The molecule has 94 valence electrons. The summed E-state index contributed by atoms with van der Waals surface area (Å²) in [4.78, 5) is 15.4. The fraction of sp³-hybridized carbons (Fsp3) is 0.455. The second-order valence-corrected chi connectivity index (χ2v) is 4.55. The maximum atomic E-state index is 11.4. The number of halogens is 1. The van der Waals surface area contributed by atoms with Crippen LogP contribution in [0.4, 0.5) is 0 Å². The van der Waals surface area contributed by atoms with E-state index in [1.165, 1.54) is 14.0 Å². The number of aliphatic hydroxyl groups excluding tert-OH is 1. The Hall–Kier alpha value is -0.980. The van der Waals surface area contributed by atoms with E-state index in [1.807, 2.05) is 6.07 Å². The second-order valence-electron chi connectivity index (χ2n) is 3.63. The van der Waals surface area contributed by atoms with Gasteiger partial charge in [0, 0.05) is 23.4 Å². The van der Waals surface area contributed by atoms with Crippen LogP contribution in [-0.2, 0) is 16.1 Å². The van der Waals surface area contributed by atoms with Crippen molar-refractivity contribution in [3.63, 3.8) is 0 Å². The van der Waals surface area contributed by atoms with Gasteiger partial charge in [0.2, 0.25) is 0 Å². The van der Waals surface area contributed by atoms with E-state index in [9.17, 15) is 9.90 Å². The van der Waals surface area contributed by atoms with E-state index >= 15 is 0 Å². The molecule has 0 amide bonds. The lowest BCUT2D eigenvalue weighted by atomic mass is 10.1. The third kappa shape index (κ3) is 4.41. The predicted octanol–water partition coefficient (Wildman–Crippen LogP) is 0.856. The zero-order valence-corrected chi connectivity index (χ0v) is 11.3. The molecular formula is C11H15BrN2O3. The number of aliphatic hydroxyl groups is 1. The summed E-state index contributed by atoms with van der Waals surface area (Å²) in [5.41, 5.74) is 0.911. The van der Waals surface area contributed by atoms with Gasteiger partial charge < -0.3 is 9.84 Å². The van der Waals surface area contributed by atoms with Gasteiger partial charge in [-0.25, -0.2) is 0 Å². The summed E-state index contributed by atoms with van der Waals surface area (Å²) in [5.74, 6) is -0.483. The normalized spacial score (nSPS) is 14.1. The summed E-state index contributed by atoms with van der Waals surface area (Å²) in [7, 11) is 1.29. The number of hydrogen-bond donors (Lipinski definition) is 2. The first-order valence-corrected chi connectivity index (χ1v) is 5.92. The molecule has 1 aromatic heterocycles. The molecule has 1 rings (SSSR count). The Morgan fingerprint density at radius 1 is 1.65 bits per heavy atom. The number of hydrogen-bond acceptors (Lipinski definition) is 5. The molecule has 17 heavy (non-hydrogen) atoms. The van der Waals surface area contributed by atoms with Crippen LogP contribution in [0.25, 0.3) is 0 Å². The highest BCUT2D eigenvalue weighted by atomic mass is 79.9. The molecule has 0 aliphatic heterocycles. The molecule has 0 radical (unpaired) electrons. The SMILES string of the molecule is COC(=O)[C@H](NCc1cncc(Br)c1)[C@H](C)O. The first-order chi connectivity index (χ1) is 8.04. The van der Waals surface area contributed by atoms with E-state index in [2.05, 4.69) is 31.0 Å². The lowest BCUT2D eigenvalue weighted by molar-refractivity contribution is -0.145. The van der Waals surface area contributed by atoms with Gasteiger partial charge in [0.25, 0.3) is 0 Å². The topological polar surface area (TPSA) is 71.5 Å². The minimum absolute atomic E-state index is 0.428. The van der Waals surface area contributed by atoms with Crippen molar-refractivity contribution in [1.29, 1.82) is 0 Å². The van der Waals surface area contributed by atoms with Crippen molar-refractivity contribution >= 4 is 21.9 Å². The number of nitrogens with one attached hydrogen (secondary N) is 1. The minimum atomic E-state index is -0.817. The minimum Gasteiger partial charge on any atom is -0.468 e. The fourth-order valence-electron chi connectivity index (χ4n) is 1.36. The Morgan fingerprint density at radius 2 is 2.35 bits per heavy atom. The van der Waals surface area contributed by atoms with Crippen LogP contribution in [0.5, 0.6) is 0 Å². The van der Waals surface area contributed by atoms with E-state index in [0.29, 0.717) is 6.54 Å². The smallest absolute Gasteiger partial charge is 0.325 e. The molecule has 5 nitrogen and oxygen atoms in total. The zero-order valence-electron chi connectivity index (χ0n) is 9.68. The van der Waals surface area contributed by atoms with Crippen LogP contribution in [0.3, 0.4) is 0 Å². The van der Waals surface area contributed by atoms with Crippen LogP contribution in [-0.4, -0.2) is 35.3 Å². The highest BCUT2D eigenvalue weighted by Crippen LogP contribution is 2.09. The summed E-state index contributed by atoms with van der Waals surface area (Å²) in [5, 5.41) is 12.4. The zero-order chi connectivity index (χ0) is 12.8. The van der Waals surface area contributed by atoms with Gasteiger partial charge in [0.1, 0.15) is 6.04 Å². The summed E-state index contributed by atoms with van der Waals surface area (Å²) < 4.78 is 5.46. The van der Waals surface area contributed by atoms with E-state index < -0.39 is 18.1 Å². The summed E-state index contributed by atoms with van der Waals surface area (Å²) >= 11 is 3.31. The summed E-state index contributed by atoms with van der Waals surface area (Å²) in [6.07, 6.45) is 2.55. The molecule has 0 aliphatic rings. The van der Waals surface area contributed by atoms with E-state index in [1.54, 1.807) is 12.4 Å². The molecule has 0 bridgehead atoms. The number of aromatic nitrogens is 1. The molecular weight excluding hydrogens is 288 g/mol. The average molecular weight is 303 g/mol. The Morgan fingerprint density at radius 3 is 2.88 bits per heavy atom. The largest absolute Gasteiger partial charge is 0.468 e. The first-order valence-electron chi connectivity index (χ1n) is 5.13. The molecule has 0 saturated carbocycles. The molecule has 0 fully saturated rings. The van der Waals surface area contributed by atoms with Gasteiger partial charge in [-0.3, -0.25) is 15.1 Å².